The lowest BCUT2D eigenvalue weighted by molar-refractivity contribution is -0.385. The highest BCUT2D eigenvalue weighted by molar-refractivity contribution is 5.66. The Morgan fingerprint density at radius 2 is 2.22 bits per heavy atom. The Labute approximate surface area is 103 Å². The van der Waals surface area contributed by atoms with Crippen molar-refractivity contribution in [3.05, 3.63) is 34.1 Å². The molecule has 1 rings (SSSR count). The maximum atomic E-state index is 13.6. The molecule has 98 valence electrons. The molecule has 1 aromatic rings. The van der Waals surface area contributed by atoms with E-state index in [0.717, 1.165) is 6.07 Å². The Hall–Kier alpha value is -2.18. The number of nitro benzene ring substituents is 1. The molecule has 0 aliphatic rings. The van der Waals surface area contributed by atoms with E-state index in [-0.39, 0.29) is 17.8 Å². The lowest BCUT2D eigenvalue weighted by atomic mass is 10.2. The van der Waals surface area contributed by atoms with Crippen LogP contribution in [0.15, 0.2) is 18.2 Å². The van der Waals surface area contributed by atoms with E-state index in [9.17, 15) is 19.3 Å². The van der Waals surface area contributed by atoms with Crippen molar-refractivity contribution in [1.29, 1.82) is 0 Å². The predicted octanol–water partition coefficient (Wildman–Crippen LogP) is 2.03. The third kappa shape index (κ3) is 3.69. The van der Waals surface area contributed by atoms with E-state index in [0.29, 0.717) is 13.0 Å². The summed E-state index contributed by atoms with van der Waals surface area (Å²) >= 11 is 0. The smallest absolute Gasteiger partial charge is 0.303 e. The number of benzene rings is 1. The zero-order valence-corrected chi connectivity index (χ0v) is 9.80. The highest BCUT2D eigenvalue weighted by Crippen LogP contribution is 2.23. The summed E-state index contributed by atoms with van der Waals surface area (Å²) in [5, 5.41) is 18.9. The first kappa shape index (κ1) is 13.9. The number of non-ortho nitro benzene ring substituents is 1. The number of carbonyl (C=O) groups is 1. The molecule has 6 nitrogen and oxygen atoms in total. The number of anilines is 1. The number of carboxylic acid groups (broad SMARTS) is 1. The molecule has 0 heterocycles. The molecule has 0 fully saturated rings. The van der Waals surface area contributed by atoms with Gasteiger partial charge in [-0.05, 0) is 12.5 Å². The van der Waals surface area contributed by atoms with Crippen LogP contribution in [-0.2, 0) is 4.79 Å². The minimum absolute atomic E-state index is 0.00105. The molecular formula is C11H13FN2O4. The van der Waals surface area contributed by atoms with Crippen LogP contribution in [-0.4, -0.2) is 29.6 Å². The van der Waals surface area contributed by atoms with Crippen LogP contribution >= 0.6 is 0 Å². The average Bonchev–Trinajstić information content (AvgIpc) is 2.27. The van der Waals surface area contributed by atoms with Crippen LogP contribution in [0.3, 0.4) is 0 Å². The molecule has 0 atom stereocenters. The van der Waals surface area contributed by atoms with Gasteiger partial charge in [0.15, 0.2) is 5.82 Å². The van der Waals surface area contributed by atoms with Gasteiger partial charge >= 0.3 is 5.97 Å². The monoisotopic (exact) mass is 256 g/mol. The van der Waals surface area contributed by atoms with Gasteiger partial charge in [-0.25, -0.2) is 4.39 Å². The standard InChI is InChI=1S/C11H13FN2O4/c1-13(6-2-3-11(15)16)10-5-4-8(14(17)18)7-9(10)12/h4-5,7H,2-3,6H2,1H3,(H,15,16). The second-order valence-electron chi connectivity index (χ2n) is 3.81. The summed E-state index contributed by atoms with van der Waals surface area (Å²) in [4.78, 5) is 21.6. The van der Waals surface area contributed by atoms with Gasteiger partial charge in [0.25, 0.3) is 5.69 Å². The number of halogens is 1. The molecule has 7 heteroatoms. The number of nitrogens with zero attached hydrogens (tertiary/aromatic N) is 2. The summed E-state index contributed by atoms with van der Waals surface area (Å²) in [6.07, 6.45) is 0.376. The highest BCUT2D eigenvalue weighted by Gasteiger charge is 2.13. The Balaban J connectivity index is 2.71. The topological polar surface area (TPSA) is 83.7 Å². The highest BCUT2D eigenvalue weighted by atomic mass is 19.1. The third-order valence-electron chi connectivity index (χ3n) is 2.44. The summed E-state index contributed by atoms with van der Waals surface area (Å²) in [7, 11) is 1.60. The first-order valence-corrected chi connectivity index (χ1v) is 5.28. The minimum Gasteiger partial charge on any atom is -0.481 e. The molecule has 0 saturated carbocycles. The first-order chi connectivity index (χ1) is 8.41. The van der Waals surface area contributed by atoms with E-state index in [1.54, 1.807) is 7.05 Å². The van der Waals surface area contributed by atoms with E-state index in [1.165, 1.54) is 17.0 Å². The third-order valence-corrected chi connectivity index (χ3v) is 2.44. The van der Waals surface area contributed by atoms with Crippen molar-refractivity contribution in [2.45, 2.75) is 12.8 Å². The molecule has 0 saturated heterocycles. The van der Waals surface area contributed by atoms with Crippen LogP contribution in [0.1, 0.15) is 12.8 Å². The quantitative estimate of drug-likeness (QED) is 0.622. The van der Waals surface area contributed by atoms with Gasteiger partial charge in [-0.1, -0.05) is 0 Å². The van der Waals surface area contributed by atoms with Crippen molar-refractivity contribution in [3.63, 3.8) is 0 Å². The second-order valence-corrected chi connectivity index (χ2v) is 3.81. The number of rotatable bonds is 6. The Kier molecular flexibility index (Phi) is 4.59. The first-order valence-electron chi connectivity index (χ1n) is 5.28. The van der Waals surface area contributed by atoms with Crippen molar-refractivity contribution >= 4 is 17.3 Å². The Bertz CT molecular complexity index is 464. The van der Waals surface area contributed by atoms with Crippen molar-refractivity contribution in [2.75, 3.05) is 18.5 Å². The maximum absolute atomic E-state index is 13.6. The fourth-order valence-electron chi connectivity index (χ4n) is 1.51. The molecule has 1 aromatic carbocycles. The number of carboxylic acids is 1. The normalized spacial score (nSPS) is 10.1. The van der Waals surface area contributed by atoms with Crippen molar-refractivity contribution in [3.8, 4) is 0 Å². The zero-order chi connectivity index (χ0) is 13.7. The van der Waals surface area contributed by atoms with Gasteiger partial charge in [0.2, 0.25) is 0 Å². The number of hydrogen-bond acceptors (Lipinski definition) is 4. The minimum atomic E-state index is -0.910. The number of hydrogen-bond donors (Lipinski definition) is 1. The van der Waals surface area contributed by atoms with Crippen molar-refractivity contribution < 1.29 is 19.2 Å². The molecule has 0 unspecified atom stereocenters. The lowest BCUT2D eigenvalue weighted by Gasteiger charge is -2.19. The Morgan fingerprint density at radius 1 is 1.56 bits per heavy atom. The molecule has 18 heavy (non-hydrogen) atoms. The SMILES string of the molecule is CN(CCCC(=O)O)c1ccc([N+](=O)[O-])cc1F. The van der Waals surface area contributed by atoms with Crippen LogP contribution in [0.4, 0.5) is 15.8 Å². The van der Waals surface area contributed by atoms with Gasteiger partial charge in [-0.3, -0.25) is 14.9 Å². The van der Waals surface area contributed by atoms with E-state index in [1.807, 2.05) is 0 Å². The van der Waals surface area contributed by atoms with Gasteiger partial charge < -0.3 is 10.0 Å². The summed E-state index contributed by atoms with van der Waals surface area (Å²) < 4.78 is 13.6. The van der Waals surface area contributed by atoms with Gasteiger partial charge in [-0.15, -0.1) is 0 Å². The summed E-state index contributed by atoms with van der Waals surface area (Å²) in [6, 6.07) is 3.38. The van der Waals surface area contributed by atoms with Crippen LogP contribution in [0, 0.1) is 15.9 Å². The van der Waals surface area contributed by atoms with E-state index >= 15 is 0 Å². The molecule has 0 aliphatic heterocycles. The van der Waals surface area contributed by atoms with Gasteiger partial charge in [0.05, 0.1) is 16.7 Å². The van der Waals surface area contributed by atoms with E-state index in [2.05, 4.69) is 0 Å². The molecular weight excluding hydrogens is 243 g/mol. The molecule has 1 N–H and O–H groups in total. The van der Waals surface area contributed by atoms with Crippen molar-refractivity contribution in [1.82, 2.24) is 0 Å². The molecule has 0 aromatic heterocycles. The number of aliphatic carboxylic acids is 1. The largest absolute Gasteiger partial charge is 0.481 e. The molecule has 0 spiro atoms. The van der Waals surface area contributed by atoms with E-state index in [4.69, 9.17) is 5.11 Å². The summed E-state index contributed by atoms with van der Waals surface area (Å²) in [5.41, 5.74) is -0.0961. The fourth-order valence-corrected chi connectivity index (χ4v) is 1.51. The molecule has 0 aliphatic carbocycles. The van der Waals surface area contributed by atoms with Gasteiger partial charge in [-0.2, -0.15) is 0 Å². The number of nitro groups is 1. The molecule has 0 radical (unpaired) electrons. The summed E-state index contributed by atoms with van der Waals surface area (Å²) in [6.45, 7) is 0.362. The van der Waals surface area contributed by atoms with Gasteiger partial charge in [0.1, 0.15) is 0 Å². The molecule has 0 bridgehead atoms. The van der Waals surface area contributed by atoms with Crippen molar-refractivity contribution in [2.24, 2.45) is 0 Å². The predicted molar refractivity (Wildman–Crippen MR) is 63.2 cm³/mol. The zero-order valence-electron chi connectivity index (χ0n) is 9.80. The van der Waals surface area contributed by atoms with E-state index < -0.39 is 16.7 Å². The van der Waals surface area contributed by atoms with Crippen LogP contribution in [0.2, 0.25) is 0 Å². The summed E-state index contributed by atoms with van der Waals surface area (Å²) in [5.74, 6) is -1.60. The Morgan fingerprint density at radius 3 is 2.72 bits per heavy atom. The van der Waals surface area contributed by atoms with Crippen LogP contribution in [0.25, 0.3) is 0 Å². The average molecular weight is 256 g/mol. The van der Waals surface area contributed by atoms with Crippen LogP contribution < -0.4 is 4.90 Å². The van der Waals surface area contributed by atoms with Crippen LogP contribution in [0.5, 0.6) is 0 Å². The van der Waals surface area contributed by atoms with Gasteiger partial charge in [0, 0.05) is 26.1 Å². The molecule has 0 amide bonds. The lowest BCUT2D eigenvalue weighted by Crippen LogP contribution is -2.20. The second kappa shape index (κ2) is 5.95. The maximum Gasteiger partial charge on any atom is 0.303 e. The fraction of sp³-hybridized carbons (Fsp3) is 0.364.